The standard InChI is InChI=1S/C15H19F2NO2/c16-15(17)8-13(15)3-4-18-5-6-20-14-2-1-11(10-19)7-12(14)9-18/h1-2,7,13,19H,3-6,8-10H2/t13-/m1/s1. The molecule has 110 valence electrons. The molecule has 1 heterocycles. The number of rotatable bonds is 4. The van der Waals surface area contributed by atoms with Gasteiger partial charge in [-0.25, -0.2) is 8.78 Å². The summed E-state index contributed by atoms with van der Waals surface area (Å²) in [6.45, 7) is 2.70. The molecular weight excluding hydrogens is 264 g/mol. The van der Waals surface area contributed by atoms with Gasteiger partial charge < -0.3 is 9.84 Å². The van der Waals surface area contributed by atoms with Crippen molar-refractivity contribution >= 4 is 0 Å². The van der Waals surface area contributed by atoms with Crippen LogP contribution >= 0.6 is 0 Å². The molecule has 1 atom stereocenters. The Morgan fingerprint density at radius 3 is 2.90 bits per heavy atom. The van der Waals surface area contributed by atoms with E-state index in [0.717, 1.165) is 23.4 Å². The van der Waals surface area contributed by atoms with E-state index in [1.807, 2.05) is 18.2 Å². The van der Waals surface area contributed by atoms with E-state index in [1.54, 1.807) is 0 Å². The van der Waals surface area contributed by atoms with Gasteiger partial charge in [0, 0.05) is 31.0 Å². The normalized spacial score (nSPS) is 24.6. The minimum absolute atomic E-state index is 0.00156. The van der Waals surface area contributed by atoms with Gasteiger partial charge in [-0.2, -0.15) is 0 Å². The third-order valence-corrected chi connectivity index (χ3v) is 4.12. The minimum Gasteiger partial charge on any atom is -0.492 e. The van der Waals surface area contributed by atoms with E-state index in [9.17, 15) is 13.9 Å². The molecule has 1 fully saturated rings. The zero-order chi connectivity index (χ0) is 14.2. The van der Waals surface area contributed by atoms with E-state index in [2.05, 4.69) is 4.90 Å². The van der Waals surface area contributed by atoms with Crippen molar-refractivity contribution in [3.63, 3.8) is 0 Å². The summed E-state index contributed by atoms with van der Waals surface area (Å²) in [5.74, 6) is -2.03. The van der Waals surface area contributed by atoms with Crippen molar-refractivity contribution in [1.82, 2.24) is 4.90 Å². The molecule has 3 rings (SSSR count). The monoisotopic (exact) mass is 283 g/mol. The number of ether oxygens (including phenoxy) is 1. The Morgan fingerprint density at radius 2 is 2.20 bits per heavy atom. The molecule has 0 radical (unpaired) electrons. The average molecular weight is 283 g/mol. The molecule has 0 aromatic heterocycles. The molecule has 5 heteroatoms. The quantitative estimate of drug-likeness (QED) is 0.921. The van der Waals surface area contributed by atoms with Gasteiger partial charge >= 0.3 is 0 Å². The van der Waals surface area contributed by atoms with Gasteiger partial charge in [-0.1, -0.05) is 6.07 Å². The second-order valence-corrected chi connectivity index (χ2v) is 5.68. The number of aliphatic hydroxyl groups excluding tert-OH is 1. The molecule has 3 nitrogen and oxygen atoms in total. The molecule has 1 aliphatic carbocycles. The van der Waals surface area contributed by atoms with Gasteiger partial charge in [0.25, 0.3) is 5.92 Å². The highest BCUT2D eigenvalue weighted by atomic mass is 19.3. The molecule has 0 saturated heterocycles. The van der Waals surface area contributed by atoms with Crippen LogP contribution in [0, 0.1) is 5.92 Å². The highest BCUT2D eigenvalue weighted by molar-refractivity contribution is 5.37. The lowest BCUT2D eigenvalue weighted by Crippen LogP contribution is -2.27. The molecule has 1 aromatic carbocycles. The fraction of sp³-hybridized carbons (Fsp3) is 0.600. The number of nitrogens with zero attached hydrogens (tertiary/aromatic N) is 1. The third kappa shape index (κ3) is 2.94. The highest BCUT2D eigenvalue weighted by Crippen LogP contribution is 2.50. The van der Waals surface area contributed by atoms with Gasteiger partial charge in [-0.3, -0.25) is 4.90 Å². The Bertz CT molecular complexity index is 493. The van der Waals surface area contributed by atoms with Crippen LogP contribution < -0.4 is 4.74 Å². The molecule has 1 saturated carbocycles. The number of hydrogen-bond donors (Lipinski definition) is 1. The number of halogens is 2. The van der Waals surface area contributed by atoms with Gasteiger partial charge in [0.1, 0.15) is 12.4 Å². The van der Waals surface area contributed by atoms with E-state index in [1.165, 1.54) is 0 Å². The Morgan fingerprint density at radius 1 is 1.40 bits per heavy atom. The van der Waals surface area contributed by atoms with Crippen LogP contribution in [0.5, 0.6) is 5.75 Å². The number of benzene rings is 1. The largest absolute Gasteiger partial charge is 0.492 e. The maximum absolute atomic E-state index is 12.9. The van der Waals surface area contributed by atoms with Crippen molar-refractivity contribution in [1.29, 1.82) is 0 Å². The summed E-state index contributed by atoms with van der Waals surface area (Å²) in [6, 6.07) is 5.65. The van der Waals surface area contributed by atoms with Crippen LogP contribution in [-0.4, -0.2) is 35.6 Å². The zero-order valence-corrected chi connectivity index (χ0v) is 11.3. The fourth-order valence-corrected chi connectivity index (χ4v) is 2.71. The maximum atomic E-state index is 12.9. The van der Waals surface area contributed by atoms with Crippen molar-refractivity contribution in [3.8, 4) is 5.75 Å². The predicted molar refractivity (Wildman–Crippen MR) is 70.8 cm³/mol. The first-order valence-electron chi connectivity index (χ1n) is 7.04. The van der Waals surface area contributed by atoms with Gasteiger partial charge in [0.2, 0.25) is 0 Å². The summed E-state index contributed by atoms with van der Waals surface area (Å²) >= 11 is 0. The van der Waals surface area contributed by atoms with Crippen molar-refractivity contribution < 1.29 is 18.6 Å². The molecule has 0 unspecified atom stereocenters. The lowest BCUT2D eigenvalue weighted by molar-refractivity contribution is 0.0930. The van der Waals surface area contributed by atoms with Crippen LogP contribution in [0.2, 0.25) is 0 Å². The number of fused-ring (bicyclic) bond motifs is 1. The third-order valence-electron chi connectivity index (χ3n) is 4.12. The van der Waals surface area contributed by atoms with Crippen LogP contribution in [-0.2, 0) is 13.2 Å². The summed E-state index contributed by atoms with van der Waals surface area (Å²) in [7, 11) is 0. The first-order chi connectivity index (χ1) is 9.58. The Balaban J connectivity index is 1.63. The molecule has 1 aliphatic heterocycles. The van der Waals surface area contributed by atoms with Crippen LogP contribution in [0.4, 0.5) is 8.78 Å². The van der Waals surface area contributed by atoms with Crippen LogP contribution in [0.3, 0.4) is 0 Å². The van der Waals surface area contributed by atoms with Gasteiger partial charge in [0.05, 0.1) is 6.61 Å². The summed E-state index contributed by atoms with van der Waals surface area (Å²) in [4.78, 5) is 2.15. The Hall–Kier alpha value is -1.20. The highest BCUT2D eigenvalue weighted by Gasteiger charge is 2.56. The fourth-order valence-electron chi connectivity index (χ4n) is 2.71. The molecule has 0 spiro atoms. The molecular formula is C15H19F2NO2. The number of aliphatic hydroxyl groups is 1. The minimum atomic E-state index is -2.43. The zero-order valence-electron chi connectivity index (χ0n) is 11.3. The topological polar surface area (TPSA) is 32.7 Å². The van der Waals surface area contributed by atoms with E-state index < -0.39 is 11.8 Å². The van der Waals surface area contributed by atoms with Crippen molar-refractivity contribution in [2.24, 2.45) is 5.92 Å². The molecule has 0 amide bonds. The van der Waals surface area contributed by atoms with E-state index in [-0.39, 0.29) is 13.0 Å². The van der Waals surface area contributed by atoms with Gasteiger partial charge in [0.15, 0.2) is 0 Å². The number of alkyl halides is 2. The lowest BCUT2D eigenvalue weighted by atomic mass is 10.1. The molecule has 20 heavy (non-hydrogen) atoms. The Kier molecular flexibility index (Phi) is 3.65. The number of hydrogen-bond acceptors (Lipinski definition) is 3. The van der Waals surface area contributed by atoms with Crippen LogP contribution in [0.15, 0.2) is 18.2 Å². The SMILES string of the molecule is OCc1ccc2c(c1)CN(CC[C@@H]1CC1(F)F)CCO2. The predicted octanol–water partition coefficient (Wildman–Crippen LogP) is 2.42. The van der Waals surface area contributed by atoms with Crippen LogP contribution in [0.25, 0.3) is 0 Å². The average Bonchev–Trinajstić information content (AvgIpc) is 3.09. The van der Waals surface area contributed by atoms with E-state index in [0.29, 0.717) is 26.1 Å². The summed E-state index contributed by atoms with van der Waals surface area (Å²) in [5, 5.41) is 9.18. The van der Waals surface area contributed by atoms with Crippen molar-refractivity contribution in [2.75, 3.05) is 19.7 Å². The van der Waals surface area contributed by atoms with Crippen molar-refractivity contribution in [3.05, 3.63) is 29.3 Å². The van der Waals surface area contributed by atoms with Crippen LogP contribution in [0.1, 0.15) is 24.0 Å². The van der Waals surface area contributed by atoms with E-state index >= 15 is 0 Å². The van der Waals surface area contributed by atoms with Gasteiger partial charge in [-0.05, 0) is 30.7 Å². The first kappa shape index (κ1) is 13.8. The molecule has 1 aromatic rings. The summed E-state index contributed by atoms with van der Waals surface area (Å²) < 4.78 is 31.5. The maximum Gasteiger partial charge on any atom is 0.251 e. The molecule has 2 aliphatic rings. The Labute approximate surface area is 117 Å². The molecule has 0 bridgehead atoms. The second kappa shape index (κ2) is 5.30. The lowest BCUT2D eigenvalue weighted by Gasteiger charge is -2.19. The van der Waals surface area contributed by atoms with Gasteiger partial charge in [-0.15, -0.1) is 0 Å². The summed E-state index contributed by atoms with van der Waals surface area (Å²) in [6.07, 6.45) is 0.588. The first-order valence-corrected chi connectivity index (χ1v) is 7.04. The second-order valence-electron chi connectivity index (χ2n) is 5.68. The summed E-state index contributed by atoms with van der Waals surface area (Å²) in [5.41, 5.74) is 1.87. The van der Waals surface area contributed by atoms with Crippen molar-refractivity contribution in [2.45, 2.75) is 31.9 Å². The van der Waals surface area contributed by atoms with E-state index in [4.69, 9.17) is 4.74 Å². The molecule has 1 N–H and O–H groups in total. The smallest absolute Gasteiger partial charge is 0.251 e.